The lowest BCUT2D eigenvalue weighted by Gasteiger charge is -2.63. The first kappa shape index (κ1) is 26.0. The maximum Gasteiger partial charge on any atom is 0.258 e. The topological polar surface area (TPSA) is 109 Å². The van der Waals surface area contributed by atoms with Gasteiger partial charge in [-0.1, -0.05) is 36.9 Å². The molecule has 41 heavy (non-hydrogen) atoms. The Bertz CT molecular complexity index is 1530. The van der Waals surface area contributed by atoms with E-state index >= 15 is 0 Å². The number of Topliss-reactive ketones (excluding diaryl/α,β-unsaturated/α-hetero) is 1. The third-order valence-corrected chi connectivity index (χ3v) is 9.98. The minimum atomic E-state index is -0.622. The Balaban J connectivity index is 1.11. The van der Waals surface area contributed by atoms with E-state index in [0.717, 1.165) is 41.6 Å². The van der Waals surface area contributed by atoms with Crippen molar-refractivity contribution < 1.29 is 23.9 Å². The number of piperidine rings is 1. The molecule has 0 radical (unpaired) electrons. The van der Waals surface area contributed by atoms with Crippen LogP contribution >= 0.6 is 0 Å². The molecule has 3 aliphatic heterocycles. The Morgan fingerprint density at radius 2 is 2.00 bits per heavy atom. The van der Waals surface area contributed by atoms with Gasteiger partial charge in [0, 0.05) is 37.9 Å². The molecule has 2 bridgehead atoms. The summed E-state index contributed by atoms with van der Waals surface area (Å²) in [6.45, 7) is 4.98. The molecule has 9 heteroatoms. The number of carbonyl (C=O) groups is 3. The summed E-state index contributed by atoms with van der Waals surface area (Å²) in [5.74, 6) is 0.697. The monoisotopic (exact) mass is 554 g/mol. The second-order valence-corrected chi connectivity index (χ2v) is 11.8. The number of ketones is 1. The zero-order valence-electron chi connectivity index (χ0n) is 23.3. The van der Waals surface area contributed by atoms with Crippen LogP contribution in [0, 0.1) is 0 Å². The van der Waals surface area contributed by atoms with Crippen LogP contribution in [-0.4, -0.2) is 67.5 Å². The molecule has 2 aromatic carbocycles. The first-order valence-electron chi connectivity index (χ1n) is 14.2. The number of carbonyl (C=O) groups excluding carboxylic acids is 3. The van der Waals surface area contributed by atoms with Crippen molar-refractivity contribution in [1.29, 1.82) is 0 Å². The Hall–Kier alpha value is -3.95. The van der Waals surface area contributed by atoms with Gasteiger partial charge in [-0.25, -0.2) is 0 Å². The lowest BCUT2D eigenvalue weighted by atomic mass is 9.49. The number of nitrogens with one attached hydrogen (secondary N) is 3. The van der Waals surface area contributed by atoms with E-state index in [1.54, 1.807) is 13.3 Å². The van der Waals surface area contributed by atoms with Crippen LogP contribution in [0.15, 0.2) is 55.0 Å². The van der Waals surface area contributed by atoms with Gasteiger partial charge in [-0.2, -0.15) is 0 Å². The first-order valence-corrected chi connectivity index (χ1v) is 14.2. The highest BCUT2D eigenvalue weighted by Crippen LogP contribution is 2.64. The molecule has 7 rings (SSSR count). The molecule has 1 saturated carbocycles. The number of ether oxygens (including phenoxy) is 2. The van der Waals surface area contributed by atoms with Crippen LogP contribution in [0.4, 0.5) is 0 Å². The van der Waals surface area contributed by atoms with Crippen LogP contribution in [0.3, 0.4) is 0 Å². The van der Waals surface area contributed by atoms with E-state index in [1.165, 1.54) is 0 Å². The van der Waals surface area contributed by atoms with Gasteiger partial charge in [0.05, 0.1) is 22.2 Å². The van der Waals surface area contributed by atoms with Gasteiger partial charge >= 0.3 is 0 Å². The summed E-state index contributed by atoms with van der Waals surface area (Å²) >= 11 is 0. The second kappa shape index (κ2) is 9.29. The van der Waals surface area contributed by atoms with Gasteiger partial charge in [0.25, 0.3) is 11.8 Å². The van der Waals surface area contributed by atoms with E-state index < -0.39 is 17.1 Å². The quantitative estimate of drug-likeness (QED) is 0.503. The fraction of sp³-hybridized carbons (Fsp3) is 0.406. The van der Waals surface area contributed by atoms with Crippen LogP contribution in [-0.2, 0) is 32.6 Å². The molecule has 3 N–H and O–H groups in total. The average molecular weight is 555 g/mol. The molecule has 1 spiro atoms. The number of hydrogen-bond donors (Lipinski definition) is 3. The van der Waals surface area contributed by atoms with Crippen LogP contribution in [0.1, 0.15) is 51.9 Å². The lowest BCUT2D eigenvalue weighted by molar-refractivity contribution is -0.198. The zero-order chi connectivity index (χ0) is 28.5. The summed E-state index contributed by atoms with van der Waals surface area (Å²) in [5.41, 5.74) is 3.93. The molecule has 2 aliphatic carbocycles. The minimum absolute atomic E-state index is 0.0991. The van der Waals surface area contributed by atoms with Crippen molar-refractivity contribution in [3.05, 3.63) is 82.8 Å². The molecule has 2 amide bonds. The van der Waals surface area contributed by atoms with Crippen molar-refractivity contribution >= 4 is 23.2 Å². The van der Waals surface area contributed by atoms with Gasteiger partial charge in [0.15, 0.2) is 11.9 Å². The molecular weight excluding hydrogens is 520 g/mol. The predicted octanol–water partition coefficient (Wildman–Crippen LogP) is 2.20. The van der Waals surface area contributed by atoms with Crippen molar-refractivity contribution in [2.75, 3.05) is 27.2 Å². The van der Waals surface area contributed by atoms with Crippen LogP contribution < -0.4 is 20.7 Å². The van der Waals surface area contributed by atoms with Crippen LogP contribution in [0.5, 0.6) is 5.75 Å². The molecule has 5 aliphatic rings. The zero-order valence-corrected chi connectivity index (χ0v) is 23.3. The van der Waals surface area contributed by atoms with E-state index in [9.17, 15) is 14.4 Å². The Morgan fingerprint density at radius 1 is 1.20 bits per heavy atom. The third-order valence-electron chi connectivity index (χ3n) is 9.98. The largest absolute Gasteiger partial charge is 0.480 e. The van der Waals surface area contributed by atoms with Crippen LogP contribution in [0.25, 0.3) is 5.57 Å². The van der Waals surface area contributed by atoms with E-state index in [4.69, 9.17) is 9.47 Å². The highest BCUT2D eigenvalue weighted by molar-refractivity contribution is 6.20. The number of hydrogen-bond acceptors (Lipinski definition) is 7. The highest BCUT2D eigenvalue weighted by Gasteiger charge is 2.73. The van der Waals surface area contributed by atoms with Gasteiger partial charge in [-0.3, -0.25) is 14.4 Å². The minimum Gasteiger partial charge on any atom is -0.480 e. The number of benzene rings is 2. The summed E-state index contributed by atoms with van der Waals surface area (Å²) in [7, 11) is 3.90. The molecule has 0 unspecified atom stereocenters. The van der Waals surface area contributed by atoms with Crippen molar-refractivity contribution in [2.45, 2.75) is 55.3 Å². The van der Waals surface area contributed by atoms with Crippen LogP contribution in [0.2, 0.25) is 0 Å². The molecule has 212 valence electrons. The first-order chi connectivity index (χ1) is 19.8. The molecule has 4 atom stereocenters. The number of likely N-dealkylation sites (N-methyl/N-ethyl adjacent to an activating group) is 1. The molecule has 2 fully saturated rings. The van der Waals surface area contributed by atoms with E-state index in [0.29, 0.717) is 48.5 Å². The Kier molecular flexibility index (Phi) is 5.89. The standard InChI is InChI=1S/C32H34N4O5/c1-18-34-17-23(30(39)35-18)20-6-4-19(5-7-20)11-14-33-29(38)22-9-8-21-16-25-32(40-3)12-10-24(37)28-31(32,13-15-36(25)2)26(21)27(22)41-28/h4-9,17,25,28,34H,1,10-16H2,2-3H3,(H,33,38)(H,35,39)/t25-,28+,31+,32-/m1/s1. The molecule has 1 saturated heterocycles. The number of likely N-dealkylation sites (tertiary alicyclic amines) is 1. The normalized spacial score (nSPS) is 29.6. The number of amides is 2. The average Bonchev–Trinajstić information content (AvgIpc) is 3.32. The SMILES string of the molecule is C=C1NC=C(c2ccc(CCNC(=O)c3ccc4c5c3O[C@H]3C(=O)CC[C@@]6(OC)[C@@H](C4)N(C)CC[C@]536)cc2)C(=O)N1. The van der Waals surface area contributed by atoms with Gasteiger partial charge in [0.1, 0.15) is 11.6 Å². The van der Waals surface area contributed by atoms with Crippen molar-refractivity contribution in [3.63, 3.8) is 0 Å². The Labute approximate surface area is 239 Å². The maximum atomic E-state index is 13.5. The van der Waals surface area contributed by atoms with Crippen molar-refractivity contribution in [1.82, 2.24) is 20.9 Å². The molecule has 9 nitrogen and oxygen atoms in total. The lowest BCUT2D eigenvalue weighted by Crippen LogP contribution is -2.76. The summed E-state index contributed by atoms with van der Waals surface area (Å²) in [6, 6.07) is 11.7. The maximum absolute atomic E-state index is 13.5. The molecule has 0 aromatic heterocycles. The highest BCUT2D eigenvalue weighted by atomic mass is 16.5. The van der Waals surface area contributed by atoms with Gasteiger partial charge < -0.3 is 30.3 Å². The summed E-state index contributed by atoms with van der Waals surface area (Å²) in [4.78, 5) is 41.4. The fourth-order valence-electron chi connectivity index (χ4n) is 8.06. The predicted molar refractivity (Wildman–Crippen MR) is 152 cm³/mol. The van der Waals surface area contributed by atoms with Gasteiger partial charge in [-0.15, -0.1) is 0 Å². The number of methoxy groups -OCH3 is 1. The van der Waals surface area contributed by atoms with Crippen molar-refractivity contribution in [2.24, 2.45) is 0 Å². The summed E-state index contributed by atoms with van der Waals surface area (Å²) in [5, 5.41) is 8.65. The Morgan fingerprint density at radius 3 is 2.76 bits per heavy atom. The molecule has 2 aromatic rings. The summed E-state index contributed by atoms with van der Waals surface area (Å²) in [6.07, 6.45) is 4.30. The number of nitrogens with zero attached hydrogens (tertiary/aromatic N) is 1. The molecular formula is C32H34N4O5. The smallest absolute Gasteiger partial charge is 0.258 e. The third kappa shape index (κ3) is 3.58. The van der Waals surface area contributed by atoms with Crippen molar-refractivity contribution in [3.8, 4) is 5.75 Å². The summed E-state index contributed by atoms with van der Waals surface area (Å²) < 4.78 is 12.9. The van der Waals surface area contributed by atoms with E-state index in [1.807, 2.05) is 36.4 Å². The van der Waals surface area contributed by atoms with E-state index in [-0.39, 0.29) is 23.6 Å². The molecule has 3 heterocycles. The van der Waals surface area contributed by atoms with Gasteiger partial charge in [0.2, 0.25) is 0 Å². The number of rotatable bonds is 6. The van der Waals surface area contributed by atoms with Gasteiger partial charge in [-0.05, 0) is 62.0 Å². The fourth-order valence-corrected chi connectivity index (χ4v) is 8.06. The second-order valence-electron chi connectivity index (χ2n) is 11.8. The van der Waals surface area contributed by atoms with E-state index in [2.05, 4.69) is 34.5 Å².